The van der Waals surface area contributed by atoms with Crippen LogP contribution in [0.25, 0.3) is 16.7 Å². The van der Waals surface area contributed by atoms with Crippen molar-refractivity contribution >= 4 is 22.6 Å². The van der Waals surface area contributed by atoms with Gasteiger partial charge in [-0.05, 0) is 111 Å². The molecule has 2 aromatic carbocycles. The van der Waals surface area contributed by atoms with Gasteiger partial charge in [0.2, 0.25) is 5.91 Å². The predicted octanol–water partition coefficient (Wildman–Crippen LogP) is 5.36. The zero-order valence-corrected chi connectivity index (χ0v) is 18.6. The van der Waals surface area contributed by atoms with Gasteiger partial charge in [-0.2, -0.15) is 4.80 Å². The Hall–Kier alpha value is -2.89. The number of carbonyl (C=O) groups is 1. The number of benzene rings is 2. The van der Waals surface area contributed by atoms with Crippen LogP contribution in [0.2, 0.25) is 0 Å². The van der Waals surface area contributed by atoms with Crippen molar-refractivity contribution in [1.29, 1.82) is 0 Å². The zero-order valence-electron chi connectivity index (χ0n) is 18.6. The van der Waals surface area contributed by atoms with Crippen LogP contribution in [0.3, 0.4) is 0 Å². The second-order valence-electron chi connectivity index (χ2n) is 10.3. The molecule has 3 aromatic rings. The van der Waals surface area contributed by atoms with Gasteiger partial charge in [-0.15, -0.1) is 10.2 Å². The fourth-order valence-electron chi connectivity index (χ4n) is 7.00. The van der Waals surface area contributed by atoms with Gasteiger partial charge in [-0.25, -0.2) is 0 Å². The van der Waals surface area contributed by atoms with Gasteiger partial charge in [0.25, 0.3) is 0 Å². The summed E-state index contributed by atoms with van der Waals surface area (Å²) in [5.41, 5.74) is 3.49. The summed E-state index contributed by atoms with van der Waals surface area (Å²) >= 11 is 0. The summed E-state index contributed by atoms with van der Waals surface area (Å²) in [4.78, 5) is 14.6. The molecule has 0 unspecified atom stereocenters. The van der Waals surface area contributed by atoms with Crippen LogP contribution in [-0.2, 0) is 4.79 Å². The van der Waals surface area contributed by atoms with Gasteiger partial charge in [0.1, 0.15) is 16.8 Å². The Kier molecular flexibility index (Phi) is 4.70. The van der Waals surface area contributed by atoms with E-state index in [1.807, 2.05) is 49.4 Å². The number of hydrogen-bond acceptors (Lipinski definition) is 4. The normalized spacial score (nSPS) is 28.2. The third-order valence-corrected chi connectivity index (χ3v) is 7.74. The Labute approximate surface area is 188 Å². The minimum atomic E-state index is 0.144. The summed E-state index contributed by atoms with van der Waals surface area (Å²) in [6.07, 6.45) is 8.63. The SMILES string of the molecule is CCOc1ccc(-n2nc3ccc(NC(=O)CC45CC6CC(CC(C6)C4)C5)cc3n2)cc1. The molecule has 6 nitrogen and oxygen atoms in total. The molecule has 4 aliphatic rings. The van der Waals surface area contributed by atoms with Gasteiger partial charge in [0.15, 0.2) is 0 Å². The van der Waals surface area contributed by atoms with Crippen molar-refractivity contribution < 1.29 is 9.53 Å². The second kappa shape index (κ2) is 7.61. The summed E-state index contributed by atoms with van der Waals surface area (Å²) in [6, 6.07) is 13.5. The minimum absolute atomic E-state index is 0.144. The number of fused-ring (bicyclic) bond motifs is 1. The Morgan fingerprint density at radius 3 is 2.31 bits per heavy atom. The van der Waals surface area contributed by atoms with Crippen molar-refractivity contribution in [3.8, 4) is 11.4 Å². The number of ether oxygens (including phenoxy) is 1. The van der Waals surface area contributed by atoms with E-state index in [9.17, 15) is 4.79 Å². The van der Waals surface area contributed by atoms with E-state index in [1.165, 1.54) is 38.5 Å². The Morgan fingerprint density at radius 1 is 1.00 bits per heavy atom. The highest BCUT2D eigenvalue weighted by Crippen LogP contribution is 2.61. The number of nitrogens with one attached hydrogen (secondary N) is 1. The van der Waals surface area contributed by atoms with Gasteiger partial charge in [-0.3, -0.25) is 4.79 Å². The molecule has 4 bridgehead atoms. The largest absolute Gasteiger partial charge is 0.494 e. The molecule has 1 heterocycles. The van der Waals surface area contributed by atoms with E-state index in [2.05, 4.69) is 15.5 Å². The lowest BCUT2D eigenvalue weighted by Crippen LogP contribution is -2.47. The van der Waals surface area contributed by atoms with E-state index in [1.54, 1.807) is 4.80 Å². The molecule has 7 rings (SSSR count). The summed E-state index contributed by atoms with van der Waals surface area (Å²) in [5, 5.41) is 12.3. The molecule has 0 saturated heterocycles. The number of aromatic nitrogens is 3. The maximum absolute atomic E-state index is 13.0. The summed E-state index contributed by atoms with van der Waals surface area (Å²) in [5.74, 6) is 3.57. The van der Waals surface area contributed by atoms with Crippen LogP contribution in [0.4, 0.5) is 5.69 Å². The second-order valence-corrected chi connectivity index (χ2v) is 10.3. The molecule has 0 aliphatic heterocycles. The number of hydrogen-bond donors (Lipinski definition) is 1. The number of amides is 1. The smallest absolute Gasteiger partial charge is 0.224 e. The Balaban J connectivity index is 1.16. The molecule has 166 valence electrons. The first-order chi connectivity index (χ1) is 15.6. The van der Waals surface area contributed by atoms with Gasteiger partial charge in [0, 0.05) is 12.1 Å². The van der Waals surface area contributed by atoms with E-state index in [-0.39, 0.29) is 11.3 Å². The number of rotatable bonds is 6. The van der Waals surface area contributed by atoms with Gasteiger partial charge >= 0.3 is 0 Å². The number of nitrogens with zero attached hydrogens (tertiary/aromatic N) is 3. The van der Waals surface area contributed by atoms with E-state index in [0.29, 0.717) is 13.0 Å². The monoisotopic (exact) mass is 430 g/mol. The lowest BCUT2D eigenvalue weighted by Gasteiger charge is -2.56. The Morgan fingerprint density at radius 2 is 1.66 bits per heavy atom. The molecule has 0 radical (unpaired) electrons. The first-order valence-corrected chi connectivity index (χ1v) is 12.0. The molecule has 1 amide bonds. The summed E-state index contributed by atoms with van der Waals surface area (Å²) in [7, 11) is 0. The predicted molar refractivity (Wildman–Crippen MR) is 124 cm³/mol. The standard InChI is InChI=1S/C26H30N4O2/c1-2-32-22-6-4-21(5-7-22)30-28-23-8-3-20(12-24(23)29-30)27-25(31)16-26-13-17-9-18(14-26)11-19(10-17)15-26/h3-8,12,17-19H,2,9-11,13-16H2,1H3,(H,27,31). The first kappa shape index (κ1) is 19.8. The summed E-state index contributed by atoms with van der Waals surface area (Å²) in [6.45, 7) is 2.61. The van der Waals surface area contributed by atoms with Crippen LogP contribution >= 0.6 is 0 Å². The van der Waals surface area contributed by atoms with Crippen LogP contribution < -0.4 is 10.1 Å². The molecular weight excluding hydrogens is 400 g/mol. The molecule has 32 heavy (non-hydrogen) atoms. The zero-order chi connectivity index (χ0) is 21.7. The highest BCUT2D eigenvalue weighted by molar-refractivity contribution is 5.93. The average Bonchev–Trinajstić information content (AvgIpc) is 3.16. The summed E-state index contributed by atoms with van der Waals surface area (Å²) < 4.78 is 5.51. The molecule has 4 fully saturated rings. The van der Waals surface area contributed by atoms with Crippen molar-refractivity contribution in [3.05, 3.63) is 42.5 Å². The van der Waals surface area contributed by atoms with Crippen molar-refractivity contribution in [1.82, 2.24) is 15.0 Å². The van der Waals surface area contributed by atoms with E-state index < -0.39 is 0 Å². The van der Waals surface area contributed by atoms with Crippen molar-refractivity contribution in [3.63, 3.8) is 0 Å². The van der Waals surface area contributed by atoms with Crippen LogP contribution in [0, 0.1) is 23.2 Å². The van der Waals surface area contributed by atoms with Crippen LogP contribution in [0.1, 0.15) is 51.9 Å². The van der Waals surface area contributed by atoms with Crippen LogP contribution in [-0.4, -0.2) is 27.5 Å². The number of anilines is 1. The van der Waals surface area contributed by atoms with E-state index in [0.717, 1.165) is 45.9 Å². The van der Waals surface area contributed by atoms with Crippen molar-refractivity contribution in [2.75, 3.05) is 11.9 Å². The molecule has 0 atom stereocenters. The maximum atomic E-state index is 13.0. The van der Waals surface area contributed by atoms with Crippen molar-refractivity contribution in [2.45, 2.75) is 51.9 Å². The van der Waals surface area contributed by atoms with Gasteiger partial charge in [-0.1, -0.05) is 0 Å². The van der Waals surface area contributed by atoms with Gasteiger partial charge < -0.3 is 10.1 Å². The third kappa shape index (κ3) is 3.65. The lowest BCUT2D eigenvalue weighted by atomic mass is 9.49. The topological polar surface area (TPSA) is 69.0 Å². The quantitative estimate of drug-likeness (QED) is 0.571. The average molecular weight is 431 g/mol. The maximum Gasteiger partial charge on any atom is 0.224 e. The molecule has 1 aromatic heterocycles. The van der Waals surface area contributed by atoms with E-state index in [4.69, 9.17) is 4.74 Å². The number of carbonyl (C=O) groups excluding carboxylic acids is 1. The molecule has 4 saturated carbocycles. The molecule has 0 spiro atoms. The van der Waals surface area contributed by atoms with E-state index >= 15 is 0 Å². The third-order valence-electron chi connectivity index (χ3n) is 7.74. The highest BCUT2D eigenvalue weighted by atomic mass is 16.5. The Bertz CT molecular complexity index is 1120. The lowest BCUT2D eigenvalue weighted by molar-refractivity contribution is -0.124. The first-order valence-electron chi connectivity index (χ1n) is 12.0. The fraction of sp³-hybridized carbons (Fsp3) is 0.500. The minimum Gasteiger partial charge on any atom is -0.494 e. The van der Waals surface area contributed by atoms with Crippen LogP contribution in [0.5, 0.6) is 5.75 Å². The molecule has 1 N–H and O–H groups in total. The van der Waals surface area contributed by atoms with Crippen molar-refractivity contribution in [2.24, 2.45) is 23.2 Å². The van der Waals surface area contributed by atoms with Crippen LogP contribution in [0.15, 0.2) is 42.5 Å². The molecule has 4 aliphatic carbocycles. The van der Waals surface area contributed by atoms with Gasteiger partial charge in [0.05, 0.1) is 12.3 Å². The highest BCUT2D eigenvalue weighted by Gasteiger charge is 2.51. The molecular formula is C26H30N4O2. The molecule has 6 heteroatoms. The fourth-order valence-corrected chi connectivity index (χ4v) is 7.00.